The first kappa shape index (κ1) is 27.7. The largest absolute Gasteiger partial charge is 0.497 e. The summed E-state index contributed by atoms with van der Waals surface area (Å²) in [5, 5.41) is 17.4. The second kappa shape index (κ2) is 13.0. The van der Waals surface area contributed by atoms with Gasteiger partial charge in [0.2, 0.25) is 5.91 Å². The molecule has 6 rings (SSSR count). The average molecular weight is 563 g/mol. The second-order valence-corrected chi connectivity index (χ2v) is 11.0. The number of aromatic amines is 1. The summed E-state index contributed by atoms with van der Waals surface area (Å²) < 4.78 is 7.58. The van der Waals surface area contributed by atoms with E-state index in [0.29, 0.717) is 13.0 Å². The fourth-order valence-corrected chi connectivity index (χ4v) is 5.85. The first-order chi connectivity index (χ1) is 20.7. The molecule has 1 unspecified atom stereocenters. The van der Waals surface area contributed by atoms with E-state index in [0.717, 1.165) is 78.1 Å². The first-order valence-electron chi connectivity index (χ1n) is 14.9. The third-order valence-corrected chi connectivity index (χ3v) is 8.19. The molecule has 5 aromatic rings. The van der Waals surface area contributed by atoms with Crippen molar-refractivity contribution < 1.29 is 9.53 Å². The molecule has 2 atom stereocenters. The fourth-order valence-electron chi connectivity index (χ4n) is 5.85. The number of nitrogens with zero attached hydrogens (tertiary/aromatic N) is 3. The summed E-state index contributed by atoms with van der Waals surface area (Å²) in [6, 6.07) is 26.3. The molecule has 1 aliphatic rings. The van der Waals surface area contributed by atoms with Crippen LogP contribution in [0.2, 0.25) is 0 Å². The smallest absolute Gasteiger partial charge is 0.237 e. The van der Waals surface area contributed by atoms with Crippen LogP contribution in [0.3, 0.4) is 0 Å². The van der Waals surface area contributed by atoms with Gasteiger partial charge in [-0.25, -0.2) is 0 Å². The van der Waals surface area contributed by atoms with Gasteiger partial charge in [-0.3, -0.25) is 4.79 Å². The quantitative estimate of drug-likeness (QED) is 0.207. The number of methoxy groups -OCH3 is 1. The van der Waals surface area contributed by atoms with Crippen LogP contribution in [0.4, 0.5) is 0 Å². The molecular formula is C34H38N6O2. The maximum atomic E-state index is 13.6. The van der Waals surface area contributed by atoms with Crippen molar-refractivity contribution in [3.8, 4) is 5.75 Å². The lowest BCUT2D eigenvalue weighted by Gasteiger charge is -2.26. The van der Waals surface area contributed by atoms with Gasteiger partial charge in [0.05, 0.1) is 25.7 Å². The number of hydrogen-bond donors (Lipinski definition) is 3. The number of hydrogen-bond acceptors (Lipinski definition) is 5. The van der Waals surface area contributed by atoms with Gasteiger partial charge in [-0.15, -0.1) is 10.2 Å². The van der Waals surface area contributed by atoms with Gasteiger partial charge in [0.1, 0.15) is 11.6 Å². The van der Waals surface area contributed by atoms with Crippen molar-refractivity contribution in [3.63, 3.8) is 0 Å². The number of carbonyl (C=O) groups excluding carboxylic acids is 1. The van der Waals surface area contributed by atoms with Gasteiger partial charge in [0.25, 0.3) is 0 Å². The Kier molecular flexibility index (Phi) is 8.61. The zero-order chi connectivity index (χ0) is 28.7. The molecule has 3 N–H and O–H groups in total. The van der Waals surface area contributed by atoms with E-state index in [2.05, 4.69) is 68.7 Å². The Morgan fingerprint density at radius 2 is 1.79 bits per heavy atom. The standard InChI is InChI=1S/C34H38N6O2/c1-42-27-17-14-25(15-18-27)23-40-32(19-16-24-9-3-2-4-10-24)38-39-33(40)31(37-34(41)30-13-7-8-20-35-30)21-26-22-36-29-12-6-5-11-28(26)29/h2-6,9-12,14-15,17-18,22,30-31,35-36H,7-8,13,16,19-21,23H2,1H3,(H,37,41)/t30-,31?/m0/s1. The van der Waals surface area contributed by atoms with Crippen molar-refractivity contribution in [2.24, 2.45) is 0 Å². The lowest BCUT2D eigenvalue weighted by atomic mass is 10.0. The maximum absolute atomic E-state index is 13.6. The molecular weight excluding hydrogens is 524 g/mol. The van der Waals surface area contributed by atoms with Crippen molar-refractivity contribution in [1.82, 2.24) is 30.4 Å². The van der Waals surface area contributed by atoms with E-state index < -0.39 is 0 Å². The Balaban J connectivity index is 1.36. The number of ether oxygens (including phenoxy) is 1. The van der Waals surface area contributed by atoms with Crippen LogP contribution in [0, 0.1) is 0 Å². The third kappa shape index (κ3) is 6.39. The minimum absolute atomic E-state index is 0.0179. The van der Waals surface area contributed by atoms with Crippen molar-refractivity contribution in [2.75, 3.05) is 13.7 Å². The Bertz CT molecular complexity index is 1600. The number of H-pyrrole nitrogens is 1. The molecule has 0 aliphatic carbocycles. The molecule has 1 amide bonds. The van der Waals surface area contributed by atoms with Crippen molar-refractivity contribution in [3.05, 3.63) is 113 Å². The summed E-state index contributed by atoms with van der Waals surface area (Å²) in [5.41, 5.74) is 4.58. The fraction of sp³-hybridized carbons (Fsp3) is 0.324. The van der Waals surface area contributed by atoms with Gasteiger partial charge in [0, 0.05) is 29.9 Å². The highest BCUT2D eigenvalue weighted by atomic mass is 16.5. The summed E-state index contributed by atoms with van der Waals surface area (Å²) in [6.45, 7) is 1.46. The minimum atomic E-state index is -0.350. The lowest BCUT2D eigenvalue weighted by Crippen LogP contribution is -2.48. The number of nitrogens with one attached hydrogen (secondary N) is 3. The molecule has 1 saturated heterocycles. The van der Waals surface area contributed by atoms with Crippen LogP contribution in [0.15, 0.2) is 85.1 Å². The van der Waals surface area contributed by atoms with Crippen molar-refractivity contribution >= 4 is 16.8 Å². The normalized spacial score (nSPS) is 15.9. The highest BCUT2D eigenvalue weighted by Gasteiger charge is 2.28. The number of aromatic nitrogens is 4. The number of para-hydroxylation sites is 1. The monoisotopic (exact) mass is 562 g/mol. The van der Waals surface area contributed by atoms with Gasteiger partial charge in [-0.1, -0.05) is 67.1 Å². The van der Waals surface area contributed by atoms with E-state index in [1.54, 1.807) is 7.11 Å². The van der Waals surface area contributed by atoms with E-state index in [1.807, 2.05) is 36.5 Å². The predicted octanol–water partition coefficient (Wildman–Crippen LogP) is 5.14. The Labute approximate surface area is 246 Å². The summed E-state index contributed by atoms with van der Waals surface area (Å²) in [7, 11) is 1.67. The van der Waals surface area contributed by atoms with Gasteiger partial charge in [-0.05, 0) is 60.7 Å². The van der Waals surface area contributed by atoms with Crippen molar-refractivity contribution in [2.45, 2.75) is 57.2 Å². The minimum Gasteiger partial charge on any atom is -0.497 e. The zero-order valence-corrected chi connectivity index (χ0v) is 24.1. The number of rotatable bonds is 11. The van der Waals surface area contributed by atoms with Crippen LogP contribution in [0.5, 0.6) is 5.75 Å². The Morgan fingerprint density at radius 1 is 0.976 bits per heavy atom. The van der Waals surface area contributed by atoms with E-state index in [1.165, 1.54) is 5.56 Å². The molecule has 2 aromatic heterocycles. The van der Waals surface area contributed by atoms with Gasteiger partial charge in [-0.2, -0.15) is 0 Å². The molecule has 3 heterocycles. The zero-order valence-electron chi connectivity index (χ0n) is 24.1. The molecule has 8 heteroatoms. The average Bonchev–Trinajstić information content (AvgIpc) is 3.64. The Morgan fingerprint density at radius 3 is 2.57 bits per heavy atom. The van der Waals surface area contributed by atoms with Crippen LogP contribution in [-0.4, -0.2) is 45.4 Å². The molecule has 3 aromatic carbocycles. The maximum Gasteiger partial charge on any atom is 0.237 e. The molecule has 216 valence electrons. The molecule has 42 heavy (non-hydrogen) atoms. The molecule has 0 radical (unpaired) electrons. The van der Waals surface area contributed by atoms with E-state index in [-0.39, 0.29) is 18.0 Å². The van der Waals surface area contributed by atoms with Crippen LogP contribution >= 0.6 is 0 Å². The number of amides is 1. The highest BCUT2D eigenvalue weighted by molar-refractivity contribution is 5.84. The second-order valence-electron chi connectivity index (χ2n) is 11.0. The van der Waals surface area contributed by atoms with E-state index >= 15 is 0 Å². The van der Waals surface area contributed by atoms with Crippen LogP contribution < -0.4 is 15.4 Å². The first-order valence-corrected chi connectivity index (χ1v) is 14.9. The molecule has 8 nitrogen and oxygen atoms in total. The van der Waals surface area contributed by atoms with E-state index in [4.69, 9.17) is 14.9 Å². The molecule has 0 bridgehead atoms. The molecule has 1 fully saturated rings. The van der Waals surface area contributed by atoms with Gasteiger partial charge >= 0.3 is 0 Å². The summed E-state index contributed by atoms with van der Waals surface area (Å²) in [5.74, 6) is 2.50. The van der Waals surface area contributed by atoms with Crippen LogP contribution in [0.25, 0.3) is 10.9 Å². The highest BCUT2D eigenvalue weighted by Crippen LogP contribution is 2.26. The number of carbonyl (C=O) groups is 1. The topological polar surface area (TPSA) is 96.9 Å². The Hall–Kier alpha value is -4.43. The summed E-state index contributed by atoms with van der Waals surface area (Å²) in [4.78, 5) is 17.0. The summed E-state index contributed by atoms with van der Waals surface area (Å²) in [6.07, 6.45) is 7.23. The number of benzene rings is 3. The number of aryl methyl sites for hydroxylation is 2. The summed E-state index contributed by atoms with van der Waals surface area (Å²) >= 11 is 0. The number of fused-ring (bicyclic) bond motifs is 1. The predicted molar refractivity (Wildman–Crippen MR) is 164 cm³/mol. The number of piperidine rings is 1. The molecule has 0 spiro atoms. The lowest BCUT2D eigenvalue weighted by molar-refractivity contribution is -0.124. The van der Waals surface area contributed by atoms with Gasteiger partial charge < -0.3 is 24.9 Å². The van der Waals surface area contributed by atoms with Crippen molar-refractivity contribution in [1.29, 1.82) is 0 Å². The third-order valence-electron chi connectivity index (χ3n) is 8.19. The molecule has 1 aliphatic heterocycles. The van der Waals surface area contributed by atoms with E-state index in [9.17, 15) is 4.79 Å². The van der Waals surface area contributed by atoms with Gasteiger partial charge in [0.15, 0.2) is 5.82 Å². The van der Waals surface area contributed by atoms with Crippen LogP contribution in [0.1, 0.15) is 53.6 Å². The van der Waals surface area contributed by atoms with Crippen LogP contribution in [-0.2, 0) is 30.6 Å². The SMILES string of the molecule is COc1ccc(Cn2c(CCc3ccccc3)nnc2C(Cc2c[nH]c3ccccc23)NC(=O)[C@@H]2CCCCN2)cc1. The molecule has 0 saturated carbocycles.